The monoisotopic (exact) mass is 153 g/mol. The average Bonchev–Trinajstić information content (AvgIpc) is 2.01. The Balaban J connectivity index is 1.85. The summed E-state index contributed by atoms with van der Waals surface area (Å²) in [6, 6.07) is 0.632. The van der Waals surface area contributed by atoms with Crippen LogP contribution in [0.2, 0.25) is 0 Å². The lowest BCUT2D eigenvalue weighted by atomic mass is 9.98. The van der Waals surface area contributed by atoms with Gasteiger partial charge in [-0.15, -0.1) is 0 Å². The zero-order valence-electron chi connectivity index (χ0n) is 6.74. The number of nitrogens with zero attached hydrogens (tertiary/aromatic N) is 1. The lowest BCUT2D eigenvalue weighted by molar-refractivity contribution is -0.0165. The Bertz CT molecular complexity index is 161. The molecule has 1 atom stereocenters. The van der Waals surface area contributed by atoms with Crippen LogP contribution in [0.15, 0.2) is 12.2 Å². The highest BCUT2D eigenvalue weighted by Gasteiger charge is 2.29. The molecule has 0 spiro atoms. The third-order valence-electron chi connectivity index (χ3n) is 2.59. The Morgan fingerprint density at radius 1 is 1.36 bits per heavy atom. The van der Waals surface area contributed by atoms with Gasteiger partial charge in [-0.05, 0) is 19.3 Å². The van der Waals surface area contributed by atoms with Crippen molar-refractivity contribution < 1.29 is 5.11 Å². The molecule has 0 radical (unpaired) electrons. The molecule has 2 aliphatic rings. The Hall–Kier alpha value is -0.340. The molecular weight excluding hydrogens is 138 g/mol. The van der Waals surface area contributed by atoms with Gasteiger partial charge in [0.15, 0.2) is 0 Å². The average molecular weight is 153 g/mol. The van der Waals surface area contributed by atoms with Crippen LogP contribution in [0.3, 0.4) is 0 Å². The predicted molar refractivity (Wildman–Crippen MR) is 44.4 cm³/mol. The Kier molecular flexibility index (Phi) is 1.96. The maximum Gasteiger partial charge on any atom is 0.0794 e. The van der Waals surface area contributed by atoms with E-state index in [1.165, 1.54) is 19.3 Å². The van der Waals surface area contributed by atoms with Crippen LogP contribution in [0, 0.1) is 0 Å². The first-order chi connectivity index (χ1) is 5.36. The molecule has 1 N–H and O–H groups in total. The summed E-state index contributed by atoms with van der Waals surface area (Å²) in [6.45, 7) is 1.77. The number of likely N-dealkylation sites (tertiary alicyclic amines) is 1. The Morgan fingerprint density at radius 2 is 2.18 bits per heavy atom. The van der Waals surface area contributed by atoms with Crippen molar-refractivity contribution in [2.75, 3.05) is 13.1 Å². The first-order valence-electron chi connectivity index (χ1n) is 4.45. The van der Waals surface area contributed by atoms with Crippen molar-refractivity contribution in [2.24, 2.45) is 0 Å². The molecule has 1 unspecified atom stereocenters. The summed E-state index contributed by atoms with van der Waals surface area (Å²) in [7, 11) is 0. The van der Waals surface area contributed by atoms with Crippen molar-refractivity contribution in [1.82, 2.24) is 4.90 Å². The van der Waals surface area contributed by atoms with E-state index in [1.54, 1.807) is 0 Å². The summed E-state index contributed by atoms with van der Waals surface area (Å²) in [6.07, 6.45) is 8.34. The van der Waals surface area contributed by atoms with Gasteiger partial charge in [0, 0.05) is 19.1 Å². The number of hydrogen-bond acceptors (Lipinski definition) is 2. The maximum atomic E-state index is 9.08. The molecule has 0 amide bonds. The molecule has 1 saturated heterocycles. The van der Waals surface area contributed by atoms with Crippen molar-refractivity contribution in [3.05, 3.63) is 12.2 Å². The Morgan fingerprint density at radius 3 is 2.73 bits per heavy atom. The molecular formula is C9H15NO. The quantitative estimate of drug-likeness (QED) is 0.562. The molecule has 0 aromatic rings. The normalized spacial score (nSPS) is 33.7. The number of allylic oxidation sites excluding steroid dienone is 1. The van der Waals surface area contributed by atoms with Crippen molar-refractivity contribution >= 4 is 0 Å². The lowest BCUT2D eigenvalue weighted by Crippen LogP contribution is -2.55. The molecule has 62 valence electrons. The number of aliphatic hydroxyl groups is 1. The lowest BCUT2D eigenvalue weighted by Gasteiger charge is -2.41. The first-order valence-corrected chi connectivity index (χ1v) is 4.45. The minimum atomic E-state index is -0.0506. The minimum Gasteiger partial charge on any atom is -0.390 e. The van der Waals surface area contributed by atoms with Crippen LogP contribution < -0.4 is 0 Å². The fourth-order valence-corrected chi connectivity index (χ4v) is 1.86. The molecule has 2 nitrogen and oxygen atoms in total. The highest BCUT2D eigenvalue weighted by atomic mass is 16.3. The van der Waals surface area contributed by atoms with Crippen molar-refractivity contribution in [3.8, 4) is 0 Å². The van der Waals surface area contributed by atoms with Crippen molar-refractivity contribution in [2.45, 2.75) is 31.4 Å². The van der Waals surface area contributed by atoms with Gasteiger partial charge in [0.1, 0.15) is 0 Å². The van der Waals surface area contributed by atoms with Crippen LogP contribution in [-0.4, -0.2) is 35.2 Å². The van der Waals surface area contributed by atoms with Gasteiger partial charge in [-0.2, -0.15) is 0 Å². The molecule has 0 aromatic heterocycles. The first kappa shape index (κ1) is 7.32. The standard InChI is InChI=1S/C9H15NO/c11-9-6-10(7-9)8-4-2-1-3-5-8/h2,4,8-9,11H,1,3,5-7H2. The second kappa shape index (κ2) is 2.95. The third kappa shape index (κ3) is 1.47. The van der Waals surface area contributed by atoms with E-state index < -0.39 is 0 Å². The molecule has 0 bridgehead atoms. The van der Waals surface area contributed by atoms with Crippen LogP contribution in [0.4, 0.5) is 0 Å². The fraction of sp³-hybridized carbons (Fsp3) is 0.778. The SMILES string of the molecule is OC1CN(C2C=CCCC2)C1. The number of aliphatic hydroxyl groups excluding tert-OH is 1. The van der Waals surface area contributed by atoms with Gasteiger partial charge in [0.25, 0.3) is 0 Å². The van der Waals surface area contributed by atoms with E-state index in [4.69, 9.17) is 5.11 Å². The molecule has 11 heavy (non-hydrogen) atoms. The number of rotatable bonds is 1. The smallest absolute Gasteiger partial charge is 0.0794 e. The summed E-state index contributed by atoms with van der Waals surface area (Å²) in [5, 5.41) is 9.08. The summed E-state index contributed by atoms with van der Waals surface area (Å²) >= 11 is 0. The molecule has 1 heterocycles. The summed E-state index contributed by atoms with van der Waals surface area (Å²) in [5.41, 5.74) is 0. The van der Waals surface area contributed by atoms with Crippen LogP contribution >= 0.6 is 0 Å². The van der Waals surface area contributed by atoms with E-state index in [0.29, 0.717) is 6.04 Å². The summed E-state index contributed by atoms with van der Waals surface area (Å²) in [4.78, 5) is 2.35. The second-order valence-electron chi connectivity index (χ2n) is 3.53. The van der Waals surface area contributed by atoms with Gasteiger partial charge in [-0.1, -0.05) is 12.2 Å². The van der Waals surface area contributed by atoms with Gasteiger partial charge in [0.05, 0.1) is 6.10 Å². The molecule has 1 fully saturated rings. The molecule has 2 rings (SSSR count). The summed E-state index contributed by atoms with van der Waals surface area (Å²) in [5.74, 6) is 0. The third-order valence-corrected chi connectivity index (χ3v) is 2.59. The molecule has 1 aliphatic carbocycles. The van der Waals surface area contributed by atoms with Crippen LogP contribution in [0.25, 0.3) is 0 Å². The van der Waals surface area contributed by atoms with Crippen LogP contribution in [-0.2, 0) is 0 Å². The number of hydrogen-bond donors (Lipinski definition) is 1. The topological polar surface area (TPSA) is 23.5 Å². The molecule has 0 saturated carbocycles. The van der Waals surface area contributed by atoms with Gasteiger partial charge in [-0.3, -0.25) is 4.90 Å². The van der Waals surface area contributed by atoms with Crippen LogP contribution in [0.5, 0.6) is 0 Å². The highest BCUT2D eigenvalue weighted by Crippen LogP contribution is 2.21. The van der Waals surface area contributed by atoms with E-state index in [2.05, 4.69) is 17.1 Å². The van der Waals surface area contributed by atoms with E-state index in [-0.39, 0.29) is 6.10 Å². The summed E-state index contributed by atoms with van der Waals surface area (Å²) < 4.78 is 0. The number of β-amino-alcohol motifs (C(OH)–C–C–N with tert-alkyl or cyclic N) is 1. The van der Waals surface area contributed by atoms with Crippen molar-refractivity contribution in [1.29, 1.82) is 0 Å². The molecule has 0 aromatic carbocycles. The minimum absolute atomic E-state index is 0.0506. The highest BCUT2D eigenvalue weighted by molar-refractivity contribution is 5.01. The molecule has 2 heteroatoms. The maximum absolute atomic E-state index is 9.08. The van der Waals surface area contributed by atoms with E-state index in [0.717, 1.165) is 13.1 Å². The largest absolute Gasteiger partial charge is 0.390 e. The van der Waals surface area contributed by atoms with E-state index >= 15 is 0 Å². The fourth-order valence-electron chi connectivity index (χ4n) is 1.86. The Labute approximate surface area is 67.5 Å². The second-order valence-corrected chi connectivity index (χ2v) is 3.53. The van der Waals surface area contributed by atoms with Crippen LogP contribution in [0.1, 0.15) is 19.3 Å². The van der Waals surface area contributed by atoms with Gasteiger partial charge >= 0.3 is 0 Å². The van der Waals surface area contributed by atoms with E-state index in [9.17, 15) is 0 Å². The zero-order chi connectivity index (χ0) is 7.68. The molecule has 1 aliphatic heterocycles. The van der Waals surface area contributed by atoms with Crippen molar-refractivity contribution in [3.63, 3.8) is 0 Å². The van der Waals surface area contributed by atoms with Gasteiger partial charge in [0.2, 0.25) is 0 Å². The van der Waals surface area contributed by atoms with Gasteiger partial charge < -0.3 is 5.11 Å². The van der Waals surface area contributed by atoms with Gasteiger partial charge in [-0.25, -0.2) is 0 Å². The predicted octanol–water partition coefficient (Wildman–Crippen LogP) is 0.772. The zero-order valence-corrected chi connectivity index (χ0v) is 6.74. The van der Waals surface area contributed by atoms with E-state index in [1.807, 2.05) is 0 Å².